The molecule has 0 saturated heterocycles. The minimum absolute atomic E-state index is 0.0126. The van der Waals surface area contributed by atoms with Gasteiger partial charge in [0, 0.05) is 5.69 Å². The number of nitrogen functional groups attached to an aromatic ring is 1. The Morgan fingerprint density at radius 2 is 2.00 bits per heavy atom. The van der Waals surface area contributed by atoms with E-state index in [1.54, 1.807) is 6.33 Å². The molecule has 3 rings (SSSR count). The van der Waals surface area contributed by atoms with Gasteiger partial charge in [-0.25, -0.2) is 4.98 Å². The highest BCUT2D eigenvalue weighted by Gasteiger charge is 2.18. The second-order valence-corrected chi connectivity index (χ2v) is 5.16. The summed E-state index contributed by atoms with van der Waals surface area (Å²) in [5, 5.41) is 0. The fraction of sp³-hybridized carbons (Fsp3) is 0.538. The highest BCUT2D eigenvalue weighted by molar-refractivity contribution is 5.30. The maximum absolute atomic E-state index is 5.74. The van der Waals surface area contributed by atoms with E-state index in [2.05, 4.69) is 19.9 Å². The van der Waals surface area contributed by atoms with Crippen LogP contribution in [0.1, 0.15) is 38.1 Å². The number of aryl methyl sites for hydroxylation is 1. The van der Waals surface area contributed by atoms with Crippen molar-refractivity contribution in [2.75, 3.05) is 5.73 Å². The number of ether oxygens (including phenoxy) is 1. The van der Waals surface area contributed by atoms with Gasteiger partial charge in [0.1, 0.15) is 6.33 Å². The summed E-state index contributed by atoms with van der Waals surface area (Å²) >= 11 is 0. The Bertz CT molecular complexity index is 621. The molecule has 0 saturated carbocycles. The molecule has 0 atom stereocenters. The van der Waals surface area contributed by atoms with Gasteiger partial charge in [-0.1, -0.05) is 0 Å². The smallest absolute Gasteiger partial charge is 0.323 e. The van der Waals surface area contributed by atoms with E-state index in [9.17, 15) is 0 Å². The summed E-state index contributed by atoms with van der Waals surface area (Å²) in [4.78, 5) is 16.9. The summed E-state index contributed by atoms with van der Waals surface area (Å²) in [5.74, 6) is 0.632. The van der Waals surface area contributed by atoms with Crippen LogP contribution in [-0.4, -0.2) is 30.6 Å². The van der Waals surface area contributed by atoms with Gasteiger partial charge >= 0.3 is 6.01 Å². The fourth-order valence-electron chi connectivity index (χ4n) is 2.37. The second-order valence-electron chi connectivity index (χ2n) is 5.16. The molecular formula is C13H18N6O. The molecule has 0 aromatic carbocycles. The van der Waals surface area contributed by atoms with Gasteiger partial charge in [-0.2, -0.15) is 15.0 Å². The Morgan fingerprint density at radius 1 is 1.20 bits per heavy atom. The molecule has 0 spiro atoms. The van der Waals surface area contributed by atoms with E-state index in [1.165, 1.54) is 6.42 Å². The molecule has 1 aliphatic rings. The van der Waals surface area contributed by atoms with Crippen molar-refractivity contribution in [1.29, 1.82) is 0 Å². The first-order valence-corrected chi connectivity index (χ1v) is 6.87. The van der Waals surface area contributed by atoms with Crippen molar-refractivity contribution in [2.24, 2.45) is 0 Å². The van der Waals surface area contributed by atoms with Crippen LogP contribution in [0.5, 0.6) is 6.01 Å². The van der Waals surface area contributed by atoms with Crippen LogP contribution in [-0.2, 0) is 12.8 Å². The zero-order valence-corrected chi connectivity index (χ0v) is 11.7. The highest BCUT2D eigenvalue weighted by Crippen LogP contribution is 2.22. The molecule has 0 bridgehead atoms. The number of nitrogens with two attached hydrogens (primary N) is 1. The van der Waals surface area contributed by atoms with Crippen LogP contribution < -0.4 is 10.5 Å². The van der Waals surface area contributed by atoms with Crippen molar-refractivity contribution in [3.8, 4) is 12.0 Å². The lowest BCUT2D eigenvalue weighted by Gasteiger charge is -2.14. The van der Waals surface area contributed by atoms with Gasteiger partial charge in [0.05, 0.1) is 11.8 Å². The summed E-state index contributed by atoms with van der Waals surface area (Å²) in [6.07, 6.45) is 6.09. The standard InChI is InChI=1S/C13H18N6O/c1-8(2)20-13-17-11(14)16-12(18-13)19-7-15-9-5-3-4-6-10(9)19/h7-8H,3-6H2,1-2H3,(H2,14,16,17,18). The lowest BCUT2D eigenvalue weighted by molar-refractivity contribution is 0.221. The molecule has 2 aromatic heterocycles. The van der Waals surface area contributed by atoms with E-state index < -0.39 is 0 Å². The molecule has 20 heavy (non-hydrogen) atoms. The summed E-state index contributed by atoms with van der Waals surface area (Å²) in [6.45, 7) is 3.83. The van der Waals surface area contributed by atoms with Gasteiger partial charge in [0.15, 0.2) is 0 Å². The molecule has 0 radical (unpaired) electrons. The van der Waals surface area contributed by atoms with Crippen molar-refractivity contribution >= 4 is 5.95 Å². The Hall–Kier alpha value is -2.18. The largest absolute Gasteiger partial charge is 0.461 e. The Morgan fingerprint density at radius 3 is 2.80 bits per heavy atom. The number of fused-ring (bicyclic) bond motifs is 1. The third-order valence-corrected chi connectivity index (χ3v) is 3.21. The van der Waals surface area contributed by atoms with E-state index in [0.717, 1.165) is 30.7 Å². The van der Waals surface area contributed by atoms with Crippen molar-refractivity contribution < 1.29 is 4.74 Å². The summed E-state index contributed by atoms with van der Waals surface area (Å²) < 4.78 is 7.39. The third kappa shape index (κ3) is 2.43. The van der Waals surface area contributed by atoms with Crippen molar-refractivity contribution in [3.63, 3.8) is 0 Å². The normalized spacial score (nSPS) is 14.3. The lowest BCUT2D eigenvalue weighted by atomic mass is 10.0. The molecule has 106 valence electrons. The van der Waals surface area contributed by atoms with Crippen LogP contribution >= 0.6 is 0 Å². The van der Waals surface area contributed by atoms with Crippen LogP contribution in [0.3, 0.4) is 0 Å². The maximum Gasteiger partial charge on any atom is 0.323 e. The Kier molecular flexibility index (Phi) is 3.25. The third-order valence-electron chi connectivity index (χ3n) is 3.21. The molecule has 0 amide bonds. The highest BCUT2D eigenvalue weighted by atomic mass is 16.5. The zero-order chi connectivity index (χ0) is 14.1. The lowest BCUT2D eigenvalue weighted by Crippen LogP contribution is -2.14. The van der Waals surface area contributed by atoms with E-state index in [1.807, 2.05) is 18.4 Å². The van der Waals surface area contributed by atoms with E-state index in [4.69, 9.17) is 10.5 Å². The first-order chi connectivity index (χ1) is 9.63. The monoisotopic (exact) mass is 274 g/mol. The predicted octanol–water partition coefficient (Wildman–Crippen LogP) is 1.31. The number of anilines is 1. The first kappa shape index (κ1) is 12.8. The summed E-state index contributed by atoms with van der Waals surface area (Å²) in [6, 6.07) is 0.251. The van der Waals surface area contributed by atoms with Crippen molar-refractivity contribution in [3.05, 3.63) is 17.7 Å². The quantitative estimate of drug-likeness (QED) is 0.907. The molecule has 0 fully saturated rings. The van der Waals surface area contributed by atoms with E-state index >= 15 is 0 Å². The molecule has 2 N–H and O–H groups in total. The van der Waals surface area contributed by atoms with Crippen LogP contribution in [0, 0.1) is 0 Å². The van der Waals surface area contributed by atoms with Gasteiger partial charge in [0.2, 0.25) is 11.9 Å². The average Bonchev–Trinajstić information content (AvgIpc) is 2.80. The number of hydrogen-bond donors (Lipinski definition) is 1. The summed E-state index contributed by atoms with van der Waals surface area (Å²) in [5.41, 5.74) is 8.03. The van der Waals surface area contributed by atoms with E-state index in [0.29, 0.717) is 5.95 Å². The van der Waals surface area contributed by atoms with Crippen LogP contribution in [0.15, 0.2) is 6.33 Å². The average molecular weight is 274 g/mol. The zero-order valence-electron chi connectivity index (χ0n) is 11.7. The fourth-order valence-corrected chi connectivity index (χ4v) is 2.37. The van der Waals surface area contributed by atoms with Gasteiger partial charge in [-0.15, -0.1) is 0 Å². The topological polar surface area (TPSA) is 91.7 Å². The molecule has 1 aliphatic carbocycles. The van der Waals surface area contributed by atoms with Gasteiger partial charge in [0.25, 0.3) is 0 Å². The molecular weight excluding hydrogens is 256 g/mol. The second kappa shape index (κ2) is 5.07. The Labute approximate surface area is 117 Å². The van der Waals surface area contributed by atoms with Crippen LogP contribution in [0.4, 0.5) is 5.95 Å². The number of hydrogen-bond acceptors (Lipinski definition) is 6. The molecule has 7 nitrogen and oxygen atoms in total. The molecule has 2 heterocycles. The van der Waals surface area contributed by atoms with Crippen molar-refractivity contribution in [1.82, 2.24) is 24.5 Å². The van der Waals surface area contributed by atoms with Gasteiger partial charge in [-0.3, -0.25) is 4.57 Å². The molecule has 0 aliphatic heterocycles. The number of rotatable bonds is 3. The summed E-state index contributed by atoms with van der Waals surface area (Å²) in [7, 11) is 0. The molecule has 0 unspecified atom stereocenters. The molecule has 7 heteroatoms. The minimum Gasteiger partial charge on any atom is -0.461 e. The van der Waals surface area contributed by atoms with E-state index in [-0.39, 0.29) is 18.1 Å². The van der Waals surface area contributed by atoms with Crippen LogP contribution in [0.2, 0.25) is 0 Å². The van der Waals surface area contributed by atoms with Crippen LogP contribution in [0.25, 0.3) is 5.95 Å². The molecule has 2 aromatic rings. The number of aromatic nitrogens is 5. The van der Waals surface area contributed by atoms with Gasteiger partial charge in [-0.05, 0) is 39.5 Å². The SMILES string of the molecule is CC(C)Oc1nc(N)nc(-n2cnc3c2CCCC3)n1. The maximum atomic E-state index is 5.74. The first-order valence-electron chi connectivity index (χ1n) is 6.87. The number of imidazole rings is 1. The Balaban J connectivity index is 2.01. The van der Waals surface area contributed by atoms with Crippen molar-refractivity contribution in [2.45, 2.75) is 45.6 Å². The van der Waals surface area contributed by atoms with Gasteiger partial charge < -0.3 is 10.5 Å². The predicted molar refractivity (Wildman–Crippen MR) is 73.8 cm³/mol. The number of nitrogens with zero attached hydrogens (tertiary/aromatic N) is 5. The minimum atomic E-state index is -0.0126.